The van der Waals surface area contributed by atoms with Crippen molar-refractivity contribution in [3.8, 4) is 0 Å². The fourth-order valence-corrected chi connectivity index (χ4v) is 5.35. The van der Waals surface area contributed by atoms with Gasteiger partial charge in [-0.25, -0.2) is 16.8 Å². The quantitative estimate of drug-likeness (QED) is 0.402. The van der Waals surface area contributed by atoms with Crippen LogP contribution >= 0.6 is 23.2 Å². The Labute approximate surface area is 164 Å². The number of hydrogen-bond donors (Lipinski definition) is 1. The van der Waals surface area contributed by atoms with Gasteiger partial charge in [0.15, 0.2) is 19.7 Å². The number of halogens is 2. The molecule has 1 aromatic rings. The summed E-state index contributed by atoms with van der Waals surface area (Å²) in [5.41, 5.74) is 6.36. The van der Waals surface area contributed by atoms with Gasteiger partial charge in [0.05, 0.1) is 23.0 Å². The average Bonchev–Trinajstić information content (AvgIpc) is 2.54. The summed E-state index contributed by atoms with van der Waals surface area (Å²) in [5, 5.41) is 0. The summed E-state index contributed by atoms with van der Waals surface area (Å²) in [6, 6.07) is 6.09. The largest absolute Gasteiger partial charge is 0.399 e. The Balaban J connectivity index is 2.93. The summed E-state index contributed by atoms with van der Waals surface area (Å²) >= 11 is 10.9. The Morgan fingerprint density at radius 3 is 1.65 bits per heavy atom. The van der Waals surface area contributed by atoms with Crippen molar-refractivity contribution in [2.75, 3.05) is 53.6 Å². The zero-order valence-electron chi connectivity index (χ0n) is 14.1. The predicted molar refractivity (Wildman–Crippen MR) is 106 cm³/mol. The van der Waals surface area contributed by atoms with Crippen molar-refractivity contribution in [2.45, 2.75) is 0 Å². The molecule has 0 radical (unpaired) electrons. The standard InChI is InChI=1S/C15H22Cl2N2O5S2/c16-5-9-25(21,22)11-7-19(8-12-26(23,24)10-6-17)15(20)13-1-3-14(18)4-2-13/h1-4H,5-12,18H2. The molecule has 1 rings (SSSR count). The highest BCUT2D eigenvalue weighted by molar-refractivity contribution is 7.91. The summed E-state index contributed by atoms with van der Waals surface area (Å²) in [6.45, 7) is -0.252. The lowest BCUT2D eigenvalue weighted by Gasteiger charge is -2.23. The molecule has 0 saturated carbocycles. The number of nitrogens with zero attached hydrogens (tertiary/aromatic N) is 1. The number of sulfone groups is 2. The molecule has 26 heavy (non-hydrogen) atoms. The molecule has 0 saturated heterocycles. The van der Waals surface area contributed by atoms with Crippen molar-refractivity contribution < 1.29 is 21.6 Å². The third-order valence-electron chi connectivity index (χ3n) is 3.57. The smallest absolute Gasteiger partial charge is 0.253 e. The lowest BCUT2D eigenvalue weighted by Crippen LogP contribution is -2.39. The second-order valence-electron chi connectivity index (χ2n) is 5.60. The molecule has 0 heterocycles. The molecule has 0 aliphatic carbocycles. The van der Waals surface area contributed by atoms with Gasteiger partial charge in [-0.05, 0) is 24.3 Å². The van der Waals surface area contributed by atoms with Gasteiger partial charge in [0.2, 0.25) is 0 Å². The second-order valence-corrected chi connectivity index (χ2v) is 11.0. The van der Waals surface area contributed by atoms with E-state index in [2.05, 4.69) is 0 Å². The number of carbonyl (C=O) groups is 1. The van der Waals surface area contributed by atoms with Crippen LogP contribution in [0.3, 0.4) is 0 Å². The van der Waals surface area contributed by atoms with Crippen molar-refractivity contribution in [3.63, 3.8) is 0 Å². The Morgan fingerprint density at radius 2 is 1.27 bits per heavy atom. The number of anilines is 1. The summed E-state index contributed by atoms with van der Waals surface area (Å²) in [5.74, 6) is -1.55. The molecule has 0 fully saturated rings. The number of hydrogen-bond acceptors (Lipinski definition) is 6. The molecule has 0 aromatic heterocycles. The predicted octanol–water partition coefficient (Wildman–Crippen LogP) is 1.02. The highest BCUT2D eigenvalue weighted by Gasteiger charge is 2.21. The number of nitrogen functional groups attached to an aromatic ring is 1. The molecule has 0 spiro atoms. The lowest BCUT2D eigenvalue weighted by atomic mass is 10.2. The Bertz CT molecular complexity index is 756. The van der Waals surface area contributed by atoms with Gasteiger partial charge in [-0.15, -0.1) is 23.2 Å². The van der Waals surface area contributed by atoms with Crippen LogP contribution in [0.2, 0.25) is 0 Å². The van der Waals surface area contributed by atoms with Crippen molar-refractivity contribution >= 4 is 54.5 Å². The number of nitrogens with two attached hydrogens (primary N) is 1. The number of alkyl halides is 2. The third kappa shape index (κ3) is 8.11. The first-order chi connectivity index (χ1) is 12.1. The highest BCUT2D eigenvalue weighted by Crippen LogP contribution is 2.10. The van der Waals surface area contributed by atoms with Gasteiger partial charge in [0.25, 0.3) is 5.91 Å². The van der Waals surface area contributed by atoms with E-state index < -0.39 is 25.6 Å². The maximum Gasteiger partial charge on any atom is 0.253 e. The van der Waals surface area contributed by atoms with Gasteiger partial charge in [0.1, 0.15) is 0 Å². The third-order valence-corrected chi connectivity index (χ3v) is 7.65. The van der Waals surface area contributed by atoms with Crippen molar-refractivity contribution in [3.05, 3.63) is 29.8 Å². The Morgan fingerprint density at radius 1 is 0.846 bits per heavy atom. The van der Waals surface area contributed by atoms with Crippen molar-refractivity contribution in [1.82, 2.24) is 4.90 Å². The van der Waals surface area contributed by atoms with Crippen LogP contribution in [0.15, 0.2) is 24.3 Å². The Kier molecular flexibility index (Phi) is 9.15. The molecule has 2 N–H and O–H groups in total. The van der Waals surface area contributed by atoms with Gasteiger partial charge in [-0.3, -0.25) is 4.79 Å². The Hall–Kier alpha value is -1.03. The van der Waals surface area contributed by atoms with Crippen LogP contribution in [0.1, 0.15) is 10.4 Å². The lowest BCUT2D eigenvalue weighted by molar-refractivity contribution is 0.0775. The van der Waals surface area contributed by atoms with Gasteiger partial charge in [-0.1, -0.05) is 0 Å². The average molecular weight is 445 g/mol. The molecule has 0 bridgehead atoms. The van der Waals surface area contributed by atoms with Gasteiger partial charge >= 0.3 is 0 Å². The fourth-order valence-electron chi connectivity index (χ4n) is 2.06. The van der Waals surface area contributed by atoms with Crippen LogP contribution in [0.25, 0.3) is 0 Å². The minimum atomic E-state index is -3.43. The van der Waals surface area contributed by atoms with E-state index in [0.717, 1.165) is 0 Å². The molecule has 1 aromatic carbocycles. The van der Waals surface area contributed by atoms with E-state index in [1.54, 1.807) is 12.1 Å². The number of amides is 1. The summed E-state index contributed by atoms with van der Waals surface area (Å²) in [4.78, 5) is 13.9. The zero-order valence-corrected chi connectivity index (χ0v) is 17.2. The van der Waals surface area contributed by atoms with Crippen LogP contribution < -0.4 is 5.73 Å². The first kappa shape index (κ1) is 23.0. The van der Waals surface area contributed by atoms with Crippen molar-refractivity contribution in [2.24, 2.45) is 0 Å². The zero-order chi connectivity index (χ0) is 19.8. The minimum Gasteiger partial charge on any atom is -0.399 e. The molecule has 148 valence electrons. The highest BCUT2D eigenvalue weighted by atomic mass is 35.5. The van der Waals surface area contributed by atoms with E-state index in [4.69, 9.17) is 28.9 Å². The van der Waals surface area contributed by atoms with Crippen molar-refractivity contribution in [1.29, 1.82) is 0 Å². The minimum absolute atomic E-state index is 0.0433. The van der Waals surface area contributed by atoms with Crippen LogP contribution in [0.5, 0.6) is 0 Å². The molecular weight excluding hydrogens is 423 g/mol. The topological polar surface area (TPSA) is 115 Å². The van der Waals surface area contributed by atoms with Gasteiger partial charge in [-0.2, -0.15) is 0 Å². The SMILES string of the molecule is Nc1ccc(C(=O)N(CCS(=O)(=O)CCCl)CCS(=O)(=O)CCCl)cc1. The van der Waals surface area contributed by atoms with Gasteiger partial charge < -0.3 is 10.6 Å². The summed E-state index contributed by atoms with van der Waals surface area (Å²) in [6.07, 6.45) is 0. The monoisotopic (exact) mass is 444 g/mol. The molecular formula is C15H22Cl2N2O5S2. The molecule has 0 aliphatic heterocycles. The van der Waals surface area contributed by atoms with E-state index in [1.807, 2.05) is 0 Å². The summed E-state index contributed by atoms with van der Waals surface area (Å²) < 4.78 is 47.5. The van der Waals surface area contributed by atoms with E-state index in [0.29, 0.717) is 11.3 Å². The second kappa shape index (κ2) is 10.3. The van der Waals surface area contributed by atoms with E-state index in [-0.39, 0.29) is 47.9 Å². The normalized spacial score (nSPS) is 12.1. The molecule has 1 amide bonds. The van der Waals surface area contributed by atoms with Crippen LogP contribution in [0, 0.1) is 0 Å². The van der Waals surface area contributed by atoms with E-state index in [1.165, 1.54) is 17.0 Å². The number of benzene rings is 1. The first-order valence-corrected chi connectivity index (χ1v) is 12.5. The maximum atomic E-state index is 12.6. The van der Waals surface area contributed by atoms with Crippen LogP contribution in [-0.4, -0.2) is 75.5 Å². The molecule has 0 aliphatic rings. The van der Waals surface area contributed by atoms with Crippen LogP contribution in [0.4, 0.5) is 5.69 Å². The fraction of sp³-hybridized carbons (Fsp3) is 0.533. The number of carbonyl (C=O) groups excluding carboxylic acids is 1. The number of rotatable bonds is 11. The van der Waals surface area contributed by atoms with Gasteiger partial charge in [0, 0.05) is 36.1 Å². The van der Waals surface area contributed by atoms with Crippen LogP contribution in [-0.2, 0) is 19.7 Å². The molecule has 0 unspecified atom stereocenters. The summed E-state index contributed by atoms with van der Waals surface area (Å²) in [7, 11) is -6.86. The molecule has 11 heteroatoms. The van der Waals surface area contributed by atoms with E-state index in [9.17, 15) is 21.6 Å². The molecule has 0 atom stereocenters. The first-order valence-electron chi connectivity index (χ1n) is 7.78. The maximum absolute atomic E-state index is 12.6. The molecule has 7 nitrogen and oxygen atoms in total. The van der Waals surface area contributed by atoms with E-state index >= 15 is 0 Å².